The molecule has 3 aromatic rings. The zero-order valence-electron chi connectivity index (χ0n) is 18.0. The standard InChI is InChI=1S/C26H26FN3O2/c27-21-6-5-19-7-10-28-26(24(19)18-21)30-14-12-29(13-15-30)11-8-22(31)17-20-9-16-32-25-4-2-1-3-23(20)25/h1-7,9-10,18H,8,11-17H2. The maximum Gasteiger partial charge on any atom is 0.138 e. The molecule has 5 nitrogen and oxygen atoms in total. The number of para-hydroxylation sites is 1. The second kappa shape index (κ2) is 9.09. The Hall–Kier alpha value is -3.25. The molecule has 164 valence electrons. The van der Waals surface area contributed by atoms with Crippen molar-refractivity contribution in [3.63, 3.8) is 0 Å². The highest BCUT2D eigenvalue weighted by molar-refractivity contribution is 5.92. The second-order valence-electron chi connectivity index (χ2n) is 8.33. The molecule has 0 aliphatic carbocycles. The summed E-state index contributed by atoms with van der Waals surface area (Å²) in [5, 5.41) is 1.84. The minimum atomic E-state index is -0.244. The lowest BCUT2D eigenvalue weighted by molar-refractivity contribution is -0.118. The fraction of sp³-hybridized carbons (Fsp3) is 0.308. The number of benzene rings is 2. The summed E-state index contributed by atoms with van der Waals surface area (Å²) in [5.41, 5.74) is 2.09. The summed E-state index contributed by atoms with van der Waals surface area (Å²) in [6, 6.07) is 14.6. The molecule has 0 amide bonds. The van der Waals surface area contributed by atoms with Crippen molar-refractivity contribution in [2.75, 3.05) is 44.2 Å². The van der Waals surface area contributed by atoms with E-state index in [1.165, 1.54) is 6.07 Å². The van der Waals surface area contributed by atoms with Gasteiger partial charge in [-0.05, 0) is 41.3 Å². The molecule has 3 heterocycles. The number of pyridine rings is 1. The van der Waals surface area contributed by atoms with Gasteiger partial charge in [0.1, 0.15) is 29.8 Å². The van der Waals surface area contributed by atoms with E-state index >= 15 is 0 Å². The van der Waals surface area contributed by atoms with E-state index in [1.807, 2.05) is 36.4 Å². The summed E-state index contributed by atoms with van der Waals surface area (Å²) in [6.45, 7) is 4.63. The van der Waals surface area contributed by atoms with Crippen LogP contribution in [0.5, 0.6) is 5.75 Å². The Labute approximate surface area is 187 Å². The largest absolute Gasteiger partial charge is 0.489 e. The monoisotopic (exact) mass is 431 g/mol. The predicted molar refractivity (Wildman–Crippen MR) is 125 cm³/mol. The number of piperazine rings is 1. The van der Waals surface area contributed by atoms with Crippen LogP contribution in [0.4, 0.5) is 10.2 Å². The van der Waals surface area contributed by atoms with Crippen molar-refractivity contribution in [1.29, 1.82) is 0 Å². The molecule has 2 aliphatic heterocycles. The molecule has 6 heteroatoms. The van der Waals surface area contributed by atoms with E-state index in [1.54, 1.807) is 18.3 Å². The van der Waals surface area contributed by atoms with Crippen molar-refractivity contribution in [2.45, 2.75) is 12.8 Å². The number of halogens is 1. The molecule has 0 unspecified atom stereocenters. The van der Waals surface area contributed by atoms with Gasteiger partial charge in [-0.25, -0.2) is 9.37 Å². The lowest BCUT2D eigenvalue weighted by Crippen LogP contribution is -2.47. The van der Waals surface area contributed by atoms with Gasteiger partial charge in [-0.1, -0.05) is 24.3 Å². The first kappa shape index (κ1) is 20.6. The van der Waals surface area contributed by atoms with Crippen molar-refractivity contribution in [1.82, 2.24) is 9.88 Å². The van der Waals surface area contributed by atoms with Crippen LogP contribution in [0.25, 0.3) is 16.3 Å². The third-order valence-corrected chi connectivity index (χ3v) is 6.28. The molecule has 32 heavy (non-hydrogen) atoms. The highest BCUT2D eigenvalue weighted by atomic mass is 19.1. The van der Waals surface area contributed by atoms with E-state index in [4.69, 9.17) is 4.74 Å². The number of fused-ring (bicyclic) bond motifs is 2. The van der Waals surface area contributed by atoms with Crippen LogP contribution in [0.1, 0.15) is 18.4 Å². The lowest BCUT2D eigenvalue weighted by atomic mass is 9.97. The van der Waals surface area contributed by atoms with Crippen LogP contribution in [0.3, 0.4) is 0 Å². The van der Waals surface area contributed by atoms with Gasteiger partial charge < -0.3 is 9.64 Å². The minimum Gasteiger partial charge on any atom is -0.489 e. The number of ether oxygens (including phenoxy) is 1. The van der Waals surface area contributed by atoms with Crippen molar-refractivity contribution in [3.8, 4) is 5.75 Å². The van der Waals surface area contributed by atoms with Gasteiger partial charge in [0.15, 0.2) is 0 Å². The molecule has 0 atom stereocenters. The number of anilines is 1. The normalized spacial score (nSPS) is 16.4. The van der Waals surface area contributed by atoms with Crippen LogP contribution in [0.15, 0.2) is 60.8 Å². The minimum absolute atomic E-state index is 0.244. The molecule has 0 saturated carbocycles. The van der Waals surface area contributed by atoms with E-state index in [2.05, 4.69) is 14.8 Å². The first-order chi connectivity index (χ1) is 15.7. The molecule has 0 spiro atoms. The lowest BCUT2D eigenvalue weighted by Gasteiger charge is -2.35. The maximum absolute atomic E-state index is 13.8. The number of hydrogen-bond donors (Lipinski definition) is 0. The molecule has 2 aliphatic rings. The summed E-state index contributed by atoms with van der Waals surface area (Å²) in [4.78, 5) is 21.7. The van der Waals surface area contributed by atoms with E-state index < -0.39 is 0 Å². The number of ketones is 1. The number of Topliss-reactive ketones (excluding diaryl/α,β-unsaturated/α-hetero) is 1. The molecular weight excluding hydrogens is 405 g/mol. The smallest absolute Gasteiger partial charge is 0.138 e. The molecule has 0 radical (unpaired) electrons. The van der Waals surface area contributed by atoms with Gasteiger partial charge in [-0.2, -0.15) is 0 Å². The summed E-state index contributed by atoms with van der Waals surface area (Å²) in [6.07, 6.45) is 4.78. The zero-order valence-corrected chi connectivity index (χ0v) is 18.0. The molecule has 0 bridgehead atoms. The van der Waals surface area contributed by atoms with Crippen LogP contribution in [0.2, 0.25) is 0 Å². The van der Waals surface area contributed by atoms with Gasteiger partial charge in [0.05, 0.1) is 0 Å². The van der Waals surface area contributed by atoms with Crippen LogP contribution in [0, 0.1) is 5.82 Å². The summed E-state index contributed by atoms with van der Waals surface area (Å²) >= 11 is 0. The summed E-state index contributed by atoms with van der Waals surface area (Å²) in [5.74, 6) is 1.70. The maximum atomic E-state index is 13.8. The van der Waals surface area contributed by atoms with Gasteiger partial charge in [0.25, 0.3) is 0 Å². The highest BCUT2D eigenvalue weighted by Gasteiger charge is 2.21. The molecule has 2 aromatic carbocycles. The summed E-state index contributed by atoms with van der Waals surface area (Å²) in [7, 11) is 0. The second-order valence-corrected chi connectivity index (χ2v) is 8.33. The number of nitrogens with zero attached hydrogens (tertiary/aromatic N) is 3. The Kier molecular flexibility index (Phi) is 5.86. The van der Waals surface area contributed by atoms with Crippen molar-refractivity contribution in [2.24, 2.45) is 0 Å². The van der Waals surface area contributed by atoms with Crippen LogP contribution >= 0.6 is 0 Å². The van der Waals surface area contributed by atoms with E-state index in [9.17, 15) is 9.18 Å². The van der Waals surface area contributed by atoms with Crippen molar-refractivity contribution >= 4 is 27.9 Å². The summed E-state index contributed by atoms with van der Waals surface area (Å²) < 4.78 is 19.4. The van der Waals surface area contributed by atoms with E-state index in [0.717, 1.165) is 66.2 Å². The van der Waals surface area contributed by atoms with Gasteiger partial charge in [-0.3, -0.25) is 9.69 Å². The quantitative estimate of drug-likeness (QED) is 0.582. The Morgan fingerprint density at radius 3 is 2.78 bits per heavy atom. The molecule has 1 saturated heterocycles. The molecule has 1 fully saturated rings. The number of rotatable bonds is 6. The number of carbonyl (C=O) groups is 1. The number of allylic oxidation sites excluding steroid dienone is 1. The van der Waals surface area contributed by atoms with Gasteiger partial charge in [0.2, 0.25) is 0 Å². The van der Waals surface area contributed by atoms with Crippen LogP contribution in [-0.2, 0) is 4.79 Å². The number of aromatic nitrogens is 1. The Morgan fingerprint density at radius 2 is 1.91 bits per heavy atom. The fourth-order valence-corrected chi connectivity index (χ4v) is 4.51. The SMILES string of the molecule is O=C(CCN1CCN(c2nccc3ccc(F)cc23)CC1)CC1=CCOc2ccccc21. The van der Waals surface area contributed by atoms with E-state index in [-0.39, 0.29) is 11.6 Å². The van der Waals surface area contributed by atoms with E-state index in [0.29, 0.717) is 19.4 Å². The van der Waals surface area contributed by atoms with Gasteiger partial charge >= 0.3 is 0 Å². The van der Waals surface area contributed by atoms with Gasteiger partial charge in [-0.15, -0.1) is 0 Å². The van der Waals surface area contributed by atoms with Crippen LogP contribution in [-0.4, -0.2) is 55.0 Å². The average Bonchev–Trinajstić information content (AvgIpc) is 2.83. The zero-order chi connectivity index (χ0) is 21.9. The highest BCUT2D eigenvalue weighted by Crippen LogP contribution is 2.32. The fourth-order valence-electron chi connectivity index (χ4n) is 4.51. The third-order valence-electron chi connectivity index (χ3n) is 6.28. The number of carbonyl (C=O) groups excluding carboxylic acids is 1. The first-order valence-corrected chi connectivity index (χ1v) is 11.1. The Balaban J connectivity index is 1.15. The molecule has 1 aromatic heterocycles. The van der Waals surface area contributed by atoms with Crippen LogP contribution < -0.4 is 9.64 Å². The topological polar surface area (TPSA) is 45.7 Å². The Morgan fingerprint density at radius 1 is 1.06 bits per heavy atom. The van der Waals surface area contributed by atoms with Crippen molar-refractivity contribution < 1.29 is 13.9 Å². The van der Waals surface area contributed by atoms with Crippen molar-refractivity contribution in [3.05, 3.63) is 72.2 Å². The molecule has 0 N–H and O–H groups in total. The first-order valence-electron chi connectivity index (χ1n) is 11.1. The predicted octanol–water partition coefficient (Wildman–Crippen LogP) is 4.32. The average molecular weight is 432 g/mol. The molecule has 5 rings (SSSR count). The number of hydrogen-bond acceptors (Lipinski definition) is 5. The molecular formula is C26H26FN3O2. The third kappa shape index (κ3) is 4.36. The van der Waals surface area contributed by atoms with Gasteiger partial charge in [0, 0.05) is 62.7 Å². The Bertz CT molecular complexity index is 1170.